The summed E-state index contributed by atoms with van der Waals surface area (Å²) in [6.07, 6.45) is 0.730. The molecule has 34 heavy (non-hydrogen) atoms. The number of carbonyl (C=O) groups excluding carboxylic acids is 2. The second-order valence-electron chi connectivity index (χ2n) is 8.86. The van der Waals surface area contributed by atoms with E-state index < -0.39 is 17.7 Å². The molecule has 3 aromatic rings. The number of benzene rings is 2. The maximum absolute atomic E-state index is 13.8. The second-order valence-corrected chi connectivity index (χ2v) is 9.86. The monoisotopic (exact) mass is 475 g/mol. The second kappa shape index (κ2) is 9.91. The zero-order valence-corrected chi connectivity index (χ0v) is 20.7. The first-order valence-corrected chi connectivity index (χ1v) is 12.1. The van der Waals surface area contributed by atoms with Gasteiger partial charge < -0.3 is 14.9 Å². The minimum Gasteiger partial charge on any atom is -0.503 e. The molecule has 1 aliphatic heterocycles. The van der Waals surface area contributed by atoms with Crippen LogP contribution in [0.3, 0.4) is 0 Å². The number of rotatable bonds is 8. The summed E-state index contributed by atoms with van der Waals surface area (Å²) < 4.78 is 0. The first kappa shape index (κ1) is 23.9. The molecular formula is C27H29N3O3S. The molecule has 2 heterocycles. The summed E-state index contributed by atoms with van der Waals surface area (Å²) in [4.78, 5) is 35.7. The van der Waals surface area contributed by atoms with Crippen molar-refractivity contribution in [3.63, 3.8) is 0 Å². The van der Waals surface area contributed by atoms with Crippen LogP contribution in [0.25, 0.3) is 10.6 Å². The fourth-order valence-electron chi connectivity index (χ4n) is 4.29. The van der Waals surface area contributed by atoms with E-state index in [1.54, 1.807) is 11.8 Å². The van der Waals surface area contributed by atoms with E-state index >= 15 is 0 Å². The Morgan fingerprint density at radius 2 is 1.85 bits per heavy atom. The molecule has 1 N–H and O–H groups in total. The van der Waals surface area contributed by atoms with E-state index in [-0.39, 0.29) is 11.4 Å². The number of aliphatic hydroxyl groups excluding tert-OH is 1. The predicted octanol–water partition coefficient (Wildman–Crippen LogP) is 4.96. The van der Waals surface area contributed by atoms with E-state index in [1.165, 1.54) is 11.3 Å². The van der Waals surface area contributed by atoms with Crippen LogP contribution in [0.2, 0.25) is 0 Å². The van der Waals surface area contributed by atoms with Crippen molar-refractivity contribution in [2.75, 3.05) is 27.2 Å². The maximum atomic E-state index is 13.8. The molecule has 0 radical (unpaired) electrons. The van der Waals surface area contributed by atoms with E-state index in [4.69, 9.17) is 0 Å². The molecule has 2 aromatic carbocycles. The van der Waals surface area contributed by atoms with E-state index in [2.05, 4.69) is 4.98 Å². The Bertz CT molecular complexity index is 1250. The summed E-state index contributed by atoms with van der Waals surface area (Å²) in [6, 6.07) is 16.8. The van der Waals surface area contributed by atoms with E-state index in [0.29, 0.717) is 17.1 Å². The summed E-state index contributed by atoms with van der Waals surface area (Å²) >= 11 is 1.29. The third-order valence-electron chi connectivity index (χ3n) is 5.93. The molecule has 176 valence electrons. The van der Waals surface area contributed by atoms with Crippen molar-refractivity contribution in [2.45, 2.75) is 26.3 Å². The molecule has 0 saturated carbocycles. The molecule has 1 amide bonds. The van der Waals surface area contributed by atoms with Gasteiger partial charge in [0.15, 0.2) is 5.76 Å². The number of aryl methyl sites for hydroxylation is 2. The number of ketones is 1. The van der Waals surface area contributed by atoms with Crippen LogP contribution in [0.15, 0.2) is 65.9 Å². The number of aromatic nitrogens is 1. The van der Waals surface area contributed by atoms with Gasteiger partial charge in [-0.05, 0) is 46.5 Å². The molecule has 0 bridgehead atoms. The third kappa shape index (κ3) is 4.67. The van der Waals surface area contributed by atoms with Gasteiger partial charge in [-0.15, -0.1) is 11.3 Å². The van der Waals surface area contributed by atoms with Crippen LogP contribution >= 0.6 is 11.3 Å². The molecule has 0 spiro atoms. The van der Waals surface area contributed by atoms with Crippen LogP contribution in [-0.2, 0) is 4.79 Å². The smallest absolute Gasteiger partial charge is 0.290 e. The first-order valence-electron chi connectivity index (χ1n) is 11.3. The van der Waals surface area contributed by atoms with Crippen molar-refractivity contribution < 1.29 is 14.7 Å². The molecule has 1 atom stereocenters. The van der Waals surface area contributed by atoms with Gasteiger partial charge in [0.05, 0.1) is 22.2 Å². The molecule has 1 aromatic heterocycles. The van der Waals surface area contributed by atoms with Crippen LogP contribution in [0.4, 0.5) is 0 Å². The molecule has 0 fully saturated rings. The summed E-state index contributed by atoms with van der Waals surface area (Å²) in [6.45, 7) is 5.00. The Morgan fingerprint density at radius 3 is 2.53 bits per heavy atom. The number of thiazole rings is 1. The van der Waals surface area contributed by atoms with E-state index in [0.717, 1.165) is 34.7 Å². The molecule has 0 aliphatic carbocycles. The maximum Gasteiger partial charge on any atom is 0.290 e. The van der Waals surface area contributed by atoms with Crippen molar-refractivity contribution in [2.24, 2.45) is 0 Å². The lowest BCUT2D eigenvalue weighted by atomic mass is 9.94. The van der Waals surface area contributed by atoms with Gasteiger partial charge in [-0.1, -0.05) is 60.2 Å². The first-order chi connectivity index (χ1) is 16.3. The van der Waals surface area contributed by atoms with E-state index in [9.17, 15) is 14.7 Å². The van der Waals surface area contributed by atoms with Gasteiger partial charge in [0.25, 0.3) is 5.91 Å². The van der Waals surface area contributed by atoms with Gasteiger partial charge in [0.1, 0.15) is 5.01 Å². The van der Waals surface area contributed by atoms with Crippen molar-refractivity contribution >= 4 is 23.0 Å². The Labute approximate surface area is 204 Å². The Hall–Kier alpha value is -3.29. The Balaban J connectivity index is 1.74. The van der Waals surface area contributed by atoms with Gasteiger partial charge in [-0.2, -0.15) is 0 Å². The lowest BCUT2D eigenvalue weighted by molar-refractivity contribution is -0.129. The Kier molecular flexibility index (Phi) is 6.95. The van der Waals surface area contributed by atoms with Crippen LogP contribution in [0.1, 0.15) is 39.0 Å². The average Bonchev–Trinajstić information content (AvgIpc) is 3.32. The fraction of sp³-hybridized carbons (Fsp3) is 0.296. The molecule has 1 unspecified atom stereocenters. The number of hydrogen-bond acceptors (Lipinski definition) is 6. The lowest BCUT2D eigenvalue weighted by Gasteiger charge is -2.27. The highest BCUT2D eigenvalue weighted by molar-refractivity contribution is 7.17. The molecule has 1 aliphatic rings. The lowest BCUT2D eigenvalue weighted by Crippen LogP contribution is -2.33. The number of nitrogens with zero attached hydrogens (tertiary/aromatic N) is 3. The molecular weight excluding hydrogens is 446 g/mol. The fourth-order valence-corrected chi connectivity index (χ4v) is 5.32. The topological polar surface area (TPSA) is 73.7 Å². The predicted molar refractivity (Wildman–Crippen MR) is 135 cm³/mol. The van der Waals surface area contributed by atoms with Crippen LogP contribution < -0.4 is 0 Å². The number of Topliss-reactive ketones (excluding diaryl/α,β-unsaturated/α-hetero) is 1. The average molecular weight is 476 g/mol. The zero-order chi connectivity index (χ0) is 24.4. The Morgan fingerprint density at radius 1 is 1.12 bits per heavy atom. The summed E-state index contributed by atoms with van der Waals surface area (Å²) in [5.41, 5.74) is 3.49. The van der Waals surface area contributed by atoms with Gasteiger partial charge in [0.2, 0.25) is 5.78 Å². The summed E-state index contributed by atoms with van der Waals surface area (Å²) in [5.74, 6) is -1.31. The highest BCUT2D eigenvalue weighted by Crippen LogP contribution is 2.41. The third-order valence-corrected chi connectivity index (χ3v) is 7.14. The van der Waals surface area contributed by atoms with Crippen molar-refractivity contribution in [3.8, 4) is 10.6 Å². The standard InChI is InChI=1S/C27H29N3O3S/c1-17-10-8-13-20(16-17)22-21(24(32)27(33)30(22)15-9-14-29(3)4)23(31)25-18(2)28-26(34-25)19-11-6-5-7-12-19/h5-8,10-13,16,22,32H,9,14-15H2,1-4H3. The highest BCUT2D eigenvalue weighted by Gasteiger charge is 2.44. The largest absolute Gasteiger partial charge is 0.503 e. The normalized spacial score (nSPS) is 16.1. The van der Waals surface area contributed by atoms with Crippen LogP contribution in [0, 0.1) is 13.8 Å². The zero-order valence-electron chi connectivity index (χ0n) is 19.9. The molecule has 0 saturated heterocycles. The van der Waals surface area contributed by atoms with Crippen LogP contribution in [-0.4, -0.2) is 58.8 Å². The molecule has 6 nitrogen and oxygen atoms in total. The quantitative estimate of drug-likeness (QED) is 0.466. The molecule has 7 heteroatoms. The number of amides is 1. The number of hydrogen-bond donors (Lipinski definition) is 1. The number of carbonyl (C=O) groups is 2. The van der Waals surface area contributed by atoms with Gasteiger partial charge in [-0.3, -0.25) is 9.59 Å². The van der Waals surface area contributed by atoms with Gasteiger partial charge in [-0.25, -0.2) is 4.98 Å². The van der Waals surface area contributed by atoms with E-state index in [1.807, 2.05) is 80.5 Å². The van der Waals surface area contributed by atoms with Crippen molar-refractivity contribution in [1.82, 2.24) is 14.8 Å². The summed E-state index contributed by atoms with van der Waals surface area (Å²) in [7, 11) is 3.96. The van der Waals surface area contributed by atoms with Crippen molar-refractivity contribution in [3.05, 3.63) is 87.6 Å². The minimum atomic E-state index is -0.635. The van der Waals surface area contributed by atoms with Gasteiger partial charge >= 0.3 is 0 Å². The van der Waals surface area contributed by atoms with Crippen LogP contribution in [0.5, 0.6) is 0 Å². The SMILES string of the molecule is Cc1cccc(C2C(C(=O)c3sc(-c4ccccc4)nc3C)=C(O)C(=O)N2CCCN(C)C)c1. The summed E-state index contributed by atoms with van der Waals surface area (Å²) in [5, 5.41) is 11.7. The highest BCUT2D eigenvalue weighted by atomic mass is 32.1. The minimum absolute atomic E-state index is 0.131. The molecule has 4 rings (SSSR count). The van der Waals surface area contributed by atoms with Crippen molar-refractivity contribution in [1.29, 1.82) is 0 Å². The van der Waals surface area contributed by atoms with Gasteiger partial charge in [0, 0.05) is 12.1 Å². The number of aliphatic hydroxyl groups is 1.